The van der Waals surface area contributed by atoms with E-state index < -0.39 is 10.0 Å². The number of hydrogen-bond acceptors (Lipinski definition) is 3. The van der Waals surface area contributed by atoms with Crippen molar-refractivity contribution in [2.75, 3.05) is 25.4 Å². The van der Waals surface area contributed by atoms with Gasteiger partial charge in [-0.15, -0.1) is 0 Å². The van der Waals surface area contributed by atoms with Crippen molar-refractivity contribution in [2.24, 2.45) is 5.92 Å². The summed E-state index contributed by atoms with van der Waals surface area (Å²) < 4.78 is 26.9. The third-order valence-corrected chi connectivity index (χ3v) is 6.53. The second kappa shape index (κ2) is 7.04. The Morgan fingerprint density at radius 3 is 2.68 bits per heavy atom. The Morgan fingerprint density at radius 2 is 1.89 bits per heavy atom. The van der Waals surface area contributed by atoms with Crippen LogP contribution in [-0.4, -0.2) is 44.2 Å². The molecule has 4 nitrogen and oxygen atoms in total. The fourth-order valence-corrected chi connectivity index (χ4v) is 5.44. The first-order chi connectivity index (χ1) is 9.15. The van der Waals surface area contributed by atoms with Crippen LogP contribution in [0.1, 0.15) is 51.9 Å². The van der Waals surface area contributed by atoms with Crippen LogP contribution in [0.15, 0.2) is 0 Å². The average molecular weight is 288 g/mol. The molecule has 1 heterocycles. The van der Waals surface area contributed by atoms with Crippen LogP contribution in [0.25, 0.3) is 0 Å². The normalized spacial score (nSPS) is 29.1. The molecule has 1 aliphatic heterocycles. The van der Waals surface area contributed by atoms with E-state index in [-0.39, 0.29) is 0 Å². The van der Waals surface area contributed by atoms with Crippen LogP contribution in [-0.2, 0) is 10.0 Å². The summed E-state index contributed by atoms with van der Waals surface area (Å²) in [4.78, 5) is 0. The predicted octanol–water partition coefficient (Wildman–Crippen LogP) is 1.97. The summed E-state index contributed by atoms with van der Waals surface area (Å²) in [6, 6.07) is 0.312. The van der Waals surface area contributed by atoms with E-state index in [1.54, 1.807) is 0 Å². The summed E-state index contributed by atoms with van der Waals surface area (Å²) in [6.45, 7) is 4.52. The zero-order valence-electron chi connectivity index (χ0n) is 12.1. The van der Waals surface area contributed by atoms with Crippen molar-refractivity contribution in [1.29, 1.82) is 0 Å². The Bertz CT molecular complexity index is 368. The van der Waals surface area contributed by atoms with E-state index in [4.69, 9.17) is 0 Å². The van der Waals surface area contributed by atoms with Gasteiger partial charge in [0.25, 0.3) is 0 Å². The molecule has 1 N–H and O–H groups in total. The highest BCUT2D eigenvalue weighted by molar-refractivity contribution is 7.89. The van der Waals surface area contributed by atoms with Gasteiger partial charge in [-0.2, -0.15) is 4.31 Å². The van der Waals surface area contributed by atoms with Gasteiger partial charge in [0.15, 0.2) is 0 Å². The van der Waals surface area contributed by atoms with Crippen LogP contribution in [0, 0.1) is 5.92 Å². The maximum Gasteiger partial charge on any atom is 0.214 e. The van der Waals surface area contributed by atoms with Gasteiger partial charge in [-0.05, 0) is 51.1 Å². The highest BCUT2D eigenvalue weighted by Crippen LogP contribution is 2.36. The van der Waals surface area contributed by atoms with E-state index in [0.29, 0.717) is 17.7 Å². The van der Waals surface area contributed by atoms with Crippen LogP contribution in [0.2, 0.25) is 0 Å². The first kappa shape index (κ1) is 15.3. The summed E-state index contributed by atoms with van der Waals surface area (Å²) in [6.07, 6.45) is 7.80. The molecule has 0 aromatic heterocycles. The largest absolute Gasteiger partial charge is 0.317 e. The Labute approximate surface area is 118 Å². The molecule has 2 fully saturated rings. The monoisotopic (exact) mass is 288 g/mol. The summed E-state index contributed by atoms with van der Waals surface area (Å²) >= 11 is 0. The van der Waals surface area contributed by atoms with Gasteiger partial charge < -0.3 is 5.32 Å². The zero-order valence-corrected chi connectivity index (χ0v) is 12.9. The Balaban J connectivity index is 1.93. The lowest BCUT2D eigenvalue weighted by atomic mass is 9.79. The summed E-state index contributed by atoms with van der Waals surface area (Å²) in [7, 11) is -3.04. The lowest BCUT2D eigenvalue weighted by Gasteiger charge is -2.43. The van der Waals surface area contributed by atoms with Crippen molar-refractivity contribution >= 4 is 10.0 Å². The summed E-state index contributed by atoms with van der Waals surface area (Å²) in [5.74, 6) is 0.939. The Morgan fingerprint density at radius 1 is 1.16 bits per heavy atom. The molecular formula is C14H28N2O2S. The Kier molecular flexibility index (Phi) is 5.66. The molecule has 2 aliphatic rings. The van der Waals surface area contributed by atoms with E-state index in [9.17, 15) is 8.42 Å². The maximum absolute atomic E-state index is 12.5. The standard InChI is InChI=1S/C14H28N2O2S/c1-2-15-10-6-12-19(17,18)16-11-5-8-13-7-3-4-9-14(13)16/h13-15H,2-12H2,1H3. The highest BCUT2D eigenvalue weighted by atomic mass is 32.2. The van der Waals surface area contributed by atoms with Gasteiger partial charge in [-0.1, -0.05) is 19.8 Å². The van der Waals surface area contributed by atoms with Crippen molar-refractivity contribution in [3.63, 3.8) is 0 Å². The number of nitrogens with one attached hydrogen (secondary N) is 1. The second-order valence-electron chi connectivity index (χ2n) is 5.89. The van der Waals surface area contributed by atoms with Crippen LogP contribution >= 0.6 is 0 Å². The molecule has 0 aromatic rings. The van der Waals surface area contributed by atoms with Crippen LogP contribution < -0.4 is 5.32 Å². The van der Waals surface area contributed by atoms with Gasteiger partial charge in [0.05, 0.1) is 5.75 Å². The fourth-order valence-electron chi connectivity index (χ4n) is 3.60. The molecule has 1 aliphatic carbocycles. The molecule has 19 heavy (non-hydrogen) atoms. The summed E-state index contributed by atoms with van der Waals surface area (Å²) in [5, 5.41) is 3.20. The molecule has 0 bridgehead atoms. The molecule has 1 saturated heterocycles. The number of fused-ring (bicyclic) bond motifs is 1. The lowest BCUT2D eigenvalue weighted by Crippen LogP contribution is -2.50. The minimum absolute atomic E-state index is 0.309. The van der Waals surface area contributed by atoms with E-state index in [2.05, 4.69) is 5.32 Å². The van der Waals surface area contributed by atoms with Crippen LogP contribution in [0.5, 0.6) is 0 Å². The van der Waals surface area contributed by atoms with Crippen molar-refractivity contribution in [2.45, 2.75) is 57.9 Å². The fraction of sp³-hybridized carbons (Fsp3) is 1.00. The SMILES string of the molecule is CCNCCCS(=O)(=O)N1CCCC2CCCCC21. The van der Waals surface area contributed by atoms with Gasteiger partial charge in [0.1, 0.15) is 0 Å². The van der Waals surface area contributed by atoms with Gasteiger partial charge in [0, 0.05) is 12.6 Å². The zero-order chi connectivity index (χ0) is 13.7. The first-order valence-electron chi connectivity index (χ1n) is 7.85. The molecule has 0 aromatic carbocycles. The molecule has 2 atom stereocenters. The van der Waals surface area contributed by atoms with Crippen molar-refractivity contribution in [3.8, 4) is 0 Å². The summed E-state index contributed by atoms with van der Waals surface area (Å²) in [5.41, 5.74) is 0. The van der Waals surface area contributed by atoms with Crippen LogP contribution in [0.4, 0.5) is 0 Å². The predicted molar refractivity (Wildman–Crippen MR) is 78.6 cm³/mol. The molecule has 2 rings (SSSR count). The maximum atomic E-state index is 12.5. The van der Waals surface area contributed by atoms with E-state index >= 15 is 0 Å². The molecule has 0 radical (unpaired) electrons. The highest BCUT2D eigenvalue weighted by Gasteiger charge is 2.38. The molecule has 112 valence electrons. The first-order valence-corrected chi connectivity index (χ1v) is 9.46. The number of hydrogen-bond donors (Lipinski definition) is 1. The quantitative estimate of drug-likeness (QED) is 0.760. The number of nitrogens with zero attached hydrogens (tertiary/aromatic N) is 1. The number of sulfonamides is 1. The second-order valence-corrected chi connectivity index (χ2v) is 7.93. The molecule has 2 unspecified atom stereocenters. The lowest BCUT2D eigenvalue weighted by molar-refractivity contribution is 0.129. The van der Waals surface area contributed by atoms with E-state index in [0.717, 1.165) is 38.9 Å². The topological polar surface area (TPSA) is 49.4 Å². The molecule has 1 saturated carbocycles. The van der Waals surface area contributed by atoms with Gasteiger partial charge in [-0.25, -0.2) is 8.42 Å². The van der Waals surface area contributed by atoms with Gasteiger partial charge >= 0.3 is 0 Å². The average Bonchev–Trinajstić information content (AvgIpc) is 2.43. The molecule has 0 spiro atoms. The van der Waals surface area contributed by atoms with Crippen molar-refractivity contribution in [3.05, 3.63) is 0 Å². The minimum Gasteiger partial charge on any atom is -0.317 e. The minimum atomic E-state index is -3.04. The van der Waals surface area contributed by atoms with Gasteiger partial charge in [0.2, 0.25) is 10.0 Å². The van der Waals surface area contributed by atoms with E-state index in [1.807, 2.05) is 11.2 Å². The van der Waals surface area contributed by atoms with Crippen LogP contribution in [0.3, 0.4) is 0 Å². The number of rotatable bonds is 6. The smallest absolute Gasteiger partial charge is 0.214 e. The molecule has 5 heteroatoms. The van der Waals surface area contributed by atoms with Crippen molar-refractivity contribution < 1.29 is 8.42 Å². The van der Waals surface area contributed by atoms with E-state index in [1.165, 1.54) is 25.7 Å². The molecular weight excluding hydrogens is 260 g/mol. The molecule has 0 amide bonds. The third-order valence-electron chi connectivity index (χ3n) is 4.56. The van der Waals surface area contributed by atoms with Crippen molar-refractivity contribution in [1.82, 2.24) is 9.62 Å². The Hall–Kier alpha value is -0.130. The third kappa shape index (κ3) is 3.92. The van der Waals surface area contributed by atoms with Gasteiger partial charge in [-0.3, -0.25) is 0 Å². The number of piperidine rings is 1.